The highest BCUT2D eigenvalue weighted by Gasteiger charge is 2.18. The Morgan fingerprint density at radius 1 is 1.57 bits per heavy atom. The fourth-order valence-electron chi connectivity index (χ4n) is 0.651. The molecule has 7 heteroatoms. The summed E-state index contributed by atoms with van der Waals surface area (Å²) >= 11 is 6.00. The number of thiocarbonyl (C=S) groups is 1. The van der Waals surface area contributed by atoms with E-state index in [1.54, 1.807) is 7.05 Å². The van der Waals surface area contributed by atoms with Crippen LogP contribution in [0.15, 0.2) is 0 Å². The number of hydrogen-bond donors (Lipinski definition) is 3. The van der Waals surface area contributed by atoms with E-state index < -0.39 is 12.0 Å². The Morgan fingerprint density at radius 3 is 2.50 bits per heavy atom. The van der Waals surface area contributed by atoms with Crippen LogP contribution in [0.3, 0.4) is 0 Å². The van der Waals surface area contributed by atoms with E-state index in [9.17, 15) is 9.59 Å². The van der Waals surface area contributed by atoms with Crippen LogP contribution in [-0.4, -0.2) is 40.1 Å². The highest BCUT2D eigenvalue weighted by molar-refractivity contribution is 8.23. The number of amides is 1. The largest absolute Gasteiger partial charge is 0.480 e. The third-order valence-corrected chi connectivity index (χ3v) is 2.78. The van der Waals surface area contributed by atoms with Crippen LogP contribution in [0.25, 0.3) is 0 Å². The van der Waals surface area contributed by atoms with E-state index in [4.69, 9.17) is 17.3 Å². The number of nitrogens with one attached hydrogen (secondary N) is 2. The van der Waals surface area contributed by atoms with Gasteiger partial charge in [-0.3, -0.25) is 4.79 Å². The van der Waals surface area contributed by atoms with Crippen molar-refractivity contribution < 1.29 is 14.7 Å². The van der Waals surface area contributed by atoms with E-state index in [0.29, 0.717) is 4.32 Å². The normalized spacial score (nSPS) is 11.6. The van der Waals surface area contributed by atoms with Gasteiger partial charge in [0.05, 0.1) is 0 Å². The molecule has 0 aromatic rings. The maximum absolute atomic E-state index is 10.6. The van der Waals surface area contributed by atoms with Gasteiger partial charge in [0.1, 0.15) is 10.4 Å². The summed E-state index contributed by atoms with van der Waals surface area (Å²) < 4.78 is 0.501. The number of hydrogen-bond acceptors (Lipinski definition) is 4. The Morgan fingerprint density at radius 2 is 2.14 bits per heavy atom. The van der Waals surface area contributed by atoms with Crippen molar-refractivity contribution in [1.29, 1.82) is 0 Å². The monoisotopic (exact) mass is 236 g/mol. The minimum Gasteiger partial charge on any atom is -0.480 e. The first-order valence-electron chi connectivity index (χ1n) is 3.81. The lowest BCUT2D eigenvalue weighted by molar-refractivity contribution is -0.140. The lowest BCUT2D eigenvalue weighted by Crippen LogP contribution is -2.41. The predicted molar refractivity (Wildman–Crippen MR) is 59.4 cm³/mol. The molecule has 0 fully saturated rings. The molecule has 0 aliphatic heterocycles. The molecule has 0 unspecified atom stereocenters. The zero-order chi connectivity index (χ0) is 11.1. The lowest BCUT2D eigenvalue weighted by Gasteiger charge is -2.12. The average molecular weight is 236 g/mol. The Hall–Kier alpha value is -0.820. The lowest BCUT2D eigenvalue weighted by atomic mass is 10.3. The van der Waals surface area contributed by atoms with E-state index in [2.05, 4.69) is 10.6 Å². The molecule has 3 N–H and O–H groups in total. The van der Waals surface area contributed by atoms with Gasteiger partial charge in [-0.25, -0.2) is 4.79 Å². The van der Waals surface area contributed by atoms with Gasteiger partial charge in [0.2, 0.25) is 5.91 Å². The van der Waals surface area contributed by atoms with E-state index in [1.807, 2.05) is 0 Å². The Balaban J connectivity index is 4.04. The summed E-state index contributed by atoms with van der Waals surface area (Å²) in [5.41, 5.74) is 0. The highest BCUT2D eigenvalue weighted by atomic mass is 32.2. The zero-order valence-electron chi connectivity index (χ0n) is 7.86. The van der Waals surface area contributed by atoms with Crippen molar-refractivity contribution in [3.8, 4) is 0 Å². The van der Waals surface area contributed by atoms with E-state index in [-0.39, 0.29) is 11.7 Å². The maximum Gasteiger partial charge on any atom is 0.327 e. The molecular weight excluding hydrogens is 224 g/mol. The molecule has 0 bridgehead atoms. The standard InChI is InChI=1S/C7H12N2O3S2/c1-4(10)9-5(6(11)12)3-14-7(13)8-2/h5H,3H2,1-2H3,(H,8,13)(H,9,10)(H,11,12)/t5-/m0/s1. The van der Waals surface area contributed by atoms with Crippen molar-refractivity contribution in [3.05, 3.63) is 0 Å². The molecule has 0 heterocycles. The maximum atomic E-state index is 10.6. The third kappa shape index (κ3) is 5.76. The Bertz CT molecular complexity index is 245. The van der Waals surface area contributed by atoms with Crippen LogP contribution in [0.5, 0.6) is 0 Å². The Kier molecular flexibility index (Phi) is 6.22. The molecule has 5 nitrogen and oxygen atoms in total. The number of thioether (sulfide) groups is 1. The summed E-state index contributed by atoms with van der Waals surface area (Å²) in [5, 5.41) is 13.7. The van der Waals surface area contributed by atoms with Gasteiger partial charge in [-0.15, -0.1) is 0 Å². The van der Waals surface area contributed by atoms with Gasteiger partial charge >= 0.3 is 5.97 Å². The van der Waals surface area contributed by atoms with Crippen molar-refractivity contribution in [3.63, 3.8) is 0 Å². The molecular formula is C7H12N2O3S2. The number of carbonyl (C=O) groups is 2. The number of carboxylic acids is 1. The Labute approximate surface area is 91.6 Å². The van der Waals surface area contributed by atoms with Crippen LogP contribution >= 0.6 is 24.0 Å². The SMILES string of the molecule is CNC(=S)SC[C@H](NC(C)=O)C(=O)O. The second-order valence-electron chi connectivity index (χ2n) is 2.44. The van der Waals surface area contributed by atoms with E-state index >= 15 is 0 Å². The van der Waals surface area contributed by atoms with E-state index in [0.717, 1.165) is 0 Å². The van der Waals surface area contributed by atoms with Crippen LogP contribution < -0.4 is 10.6 Å². The molecule has 0 aliphatic rings. The fraction of sp³-hybridized carbons (Fsp3) is 0.571. The number of carbonyl (C=O) groups excluding carboxylic acids is 1. The van der Waals surface area contributed by atoms with Gasteiger partial charge in [0, 0.05) is 19.7 Å². The van der Waals surface area contributed by atoms with Crippen molar-refractivity contribution in [2.75, 3.05) is 12.8 Å². The predicted octanol–water partition coefficient (Wildman–Crippen LogP) is -0.187. The quantitative estimate of drug-likeness (QED) is 0.587. The van der Waals surface area contributed by atoms with Gasteiger partial charge in [-0.05, 0) is 0 Å². The van der Waals surface area contributed by atoms with Crippen LogP contribution in [0.2, 0.25) is 0 Å². The van der Waals surface area contributed by atoms with Gasteiger partial charge in [-0.2, -0.15) is 0 Å². The van der Waals surface area contributed by atoms with Gasteiger partial charge in [0.25, 0.3) is 0 Å². The second kappa shape index (κ2) is 6.61. The molecule has 14 heavy (non-hydrogen) atoms. The molecule has 0 aliphatic carbocycles. The summed E-state index contributed by atoms with van der Waals surface area (Å²) in [6, 6.07) is -0.899. The number of carboxylic acid groups (broad SMARTS) is 1. The van der Waals surface area contributed by atoms with Crippen LogP contribution in [0, 0.1) is 0 Å². The van der Waals surface area contributed by atoms with Gasteiger partial charge in [0.15, 0.2) is 0 Å². The summed E-state index contributed by atoms with van der Waals surface area (Å²) in [7, 11) is 1.66. The molecule has 0 aromatic carbocycles. The fourth-order valence-corrected chi connectivity index (χ4v) is 1.54. The van der Waals surface area contributed by atoms with Gasteiger partial charge in [-0.1, -0.05) is 24.0 Å². The molecule has 0 radical (unpaired) electrons. The van der Waals surface area contributed by atoms with Crippen molar-refractivity contribution in [2.45, 2.75) is 13.0 Å². The summed E-state index contributed by atoms with van der Waals surface area (Å²) in [6.45, 7) is 1.27. The van der Waals surface area contributed by atoms with E-state index in [1.165, 1.54) is 18.7 Å². The van der Waals surface area contributed by atoms with Crippen LogP contribution in [-0.2, 0) is 9.59 Å². The first kappa shape index (κ1) is 13.2. The topological polar surface area (TPSA) is 78.4 Å². The van der Waals surface area contributed by atoms with Crippen molar-refractivity contribution >= 4 is 40.2 Å². The highest BCUT2D eigenvalue weighted by Crippen LogP contribution is 2.04. The van der Waals surface area contributed by atoms with Crippen LogP contribution in [0.4, 0.5) is 0 Å². The van der Waals surface area contributed by atoms with Crippen molar-refractivity contribution in [2.24, 2.45) is 0 Å². The zero-order valence-corrected chi connectivity index (χ0v) is 9.50. The molecule has 1 amide bonds. The number of rotatable bonds is 4. The second-order valence-corrected chi connectivity index (χ2v) is 4.14. The number of aliphatic carboxylic acids is 1. The smallest absolute Gasteiger partial charge is 0.327 e. The molecule has 0 saturated heterocycles. The van der Waals surface area contributed by atoms with Crippen LogP contribution in [0.1, 0.15) is 6.92 Å². The minimum atomic E-state index is -1.06. The van der Waals surface area contributed by atoms with Crippen molar-refractivity contribution in [1.82, 2.24) is 10.6 Å². The third-order valence-electron chi connectivity index (χ3n) is 1.26. The molecule has 0 spiro atoms. The van der Waals surface area contributed by atoms with Gasteiger partial charge < -0.3 is 15.7 Å². The molecule has 0 saturated carbocycles. The first-order chi connectivity index (χ1) is 6.47. The summed E-state index contributed by atoms with van der Waals surface area (Å²) in [5.74, 6) is -1.21. The molecule has 0 rings (SSSR count). The molecule has 1 atom stereocenters. The molecule has 0 aromatic heterocycles. The molecule has 80 valence electrons. The average Bonchev–Trinajstić information content (AvgIpc) is 2.10. The summed E-state index contributed by atoms with van der Waals surface area (Å²) in [4.78, 5) is 21.3. The minimum absolute atomic E-state index is 0.217. The summed E-state index contributed by atoms with van der Waals surface area (Å²) in [6.07, 6.45) is 0. The first-order valence-corrected chi connectivity index (χ1v) is 5.21.